The minimum atomic E-state index is -0.995. The number of ether oxygens (including phenoxy) is 1. The van der Waals surface area contributed by atoms with Crippen LogP contribution in [-0.4, -0.2) is 33.2 Å². The zero-order chi connectivity index (χ0) is 14.7. The number of carbonyl (C=O) groups excluding carboxylic acids is 1. The molecule has 2 rings (SSSR count). The van der Waals surface area contributed by atoms with Crippen LogP contribution < -0.4 is 0 Å². The van der Waals surface area contributed by atoms with Crippen LogP contribution in [0.3, 0.4) is 0 Å². The van der Waals surface area contributed by atoms with Gasteiger partial charge < -0.3 is 14.4 Å². The maximum atomic E-state index is 11.6. The largest absolute Gasteiger partial charge is 0.478 e. The molecule has 0 atom stereocenters. The number of aromatic nitrogens is 2. The topological polar surface area (TPSA) is 81.4 Å². The van der Waals surface area contributed by atoms with Crippen molar-refractivity contribution in [1.82, 2.24) is 9.55 Å². The highest BCUT2D eigenvalue weighted by Gasteiger charge is 2.14. The van der Waals surface area contributed by atoms with Gasteiger partial charge in [-0.25, -0.2) is 9.78 Å². The number of carboxylic acids is 1. The highest BCUT2D eigenvalue weighted by atomic mass is 16.5. The molecule has 20 heavy (non-hydrogen) atoms. The van der Waals surface area contributed by atoms with Crippen LogP contribution in [0.5, 0.6) is 0 Å². The lowest BCUT2D eigenvalue weighted by Crippen LogP contribution is -2.15. The third kappa shape index (κ3) is 2.64. The Morgan fingerprint density at radius 1 is 1.35 bits per heavy atom. The van der Waals surface area contributed by atoms with Gasteiger partial charge in [0.15, 0.2) is 0 Å². The third-order valence-electron chi connectivity index (χ3n) is 2.98. The zero-order valence-corrected chi connectivity index (χ0v) is 11.4. The van der Waals surface area contributed by atoms with Crippen LogP contribution in [0.1, 0.15) is 30.0 Å². The first-order valence-corrected chi connectivity index (χ1v) is 6.44. The van der Waals surface area contributed by atoms with Gasteiger partial charge in [0.1, 0.15) is 12.4 Å². The van der Waals surface area contributed by atoms with Gasteiger partial charge in [0, 0.05) is 6.42 Å². The average molecular weight is 276 g/mol. The number of nitrogens with zero attached hydrogens (tertiary/aromatic N) is 2. The van der Waals surface area contributed by atoms with Crippen LogP contribution in [0, 0.1) is 0 Å². The first-order valence-electron chi connectivity index (χ1n) is 6.44. The van der Waals surface area contributed by atoms with Gasteiger partial charge in [0.2, 0.25) is 0 Å². The van der Waals surface area contributed by atoms with Crippen LogP contribution in [0.2, 0.25) is 0 Å². The van der Waals surface area contributed by atoms with Crippen LogP contribution >= 0.6 is 0 Å². The van der Waals surface area contributed by atoms with Crippen molar-refractivity contribution in [2.75, 3.05) is 6.61 Å². The van der Waals surface area contributed by atoms with Crippen molar-refractivity contribution < 1.29 is 19.4 Å². The third-order valence-corrected chi connectivity index (χ3v) is 2.98. The van der Waals surface area contributed by atoms with E-state index in [1.807, 2.05) is 6.92 Å². The number of imidazole rings is 1. The summed E-state index contributed by atoms with van der Waals surface area (Å²) in [5, 5.41) is 8.98. The normalized spacial score (nSPS) is 10.7. The second-order valence-corrected chi connectivity index (χ2v) is 4.28. The number of aromatic carboxylic acids is 1. The molecule has 106 valence electrons. The fourth-order valence-electron chi connectivity index (χ4n) is 2.09. The van der Waals surface area contributed by atoms with E-state index in [1.165, 1.54) is 12.1 Å². The van der Waals surface area contributed by atoms with E-state index in [2.05, 4.69) is 4.98 Å². The SMILES string of the molecule is CCOC(=O)Cn1c(CC)nc2cc(C(=O)O)ccc21. The molecule has 0 amide bonds. The number of carbonyl (C=O) groups is 2. The highest BCUT2D eigenvalue weighted by Crippen LogP contribution is 2.19. The smallest absolute Gasteiger partial charge is 0.335 e. The van der Waals surface area contributed by atoms with E-state index in [9.17, 15) is 9.59 Å². The molecule has 1 aromatic carbocycles. The van der Waals surface area contributed by atoms with Crippen molar-refractivity contribution in [2.24, 2.45) is 0 Å². The Bertz CT molecular complexity index is 660. The summed E-state index contributed by atoms with van der Waals surface area (Å²) in [6.07, 6.45) is 0.649. The van der Waals surface area contributed by atoms with Crippen molar-refractivity contribution in [3.05, 3.63) is 29.6 Å². The molecular weight excluding hydrogens is 260 g/mol. The number of aryl methyl sites for hydroxylation is 1. The fraction of sp³-hybridized carbons (Fsp3) is 0.357. The molecule has 6 heteroatoms. The highest BCUT2D eigenvalue weighted by molar-refractivity contribution is 5.92. The van der Waals surface area contributed by atoms with Crippen molar-refractivity contribution in [3.8, 4) is 0 Å². The second-order valence-electron chi connectivity index (χ2n) is 4.28. The predicted octanol–water partition coefficient (Wildman–Crippen LogP) is 1.86. The van der Waals surface area contributed by atoms with E-state index >= 15 is 0 Å². The molecule has 0 unspecified atom stereocenters. The average Bonchev–Trinajstić information content (AvgIpc) is 2.76. The van der Waals surface area contributed by atoms with Crippen LogP contribution in [0.15, 0.2) is 18.2 Å². The van der Waals surface area contributed by atoms with Gasteiger partial charge in [0.25, 0.3) is 0 Å². The number of carboxylic acid groups (broad SMARTS) is 1. The number of rotatable bonds is 5. The van der Waals surface area contributed by atoms with E-state index in [0.29, 0.717) is 18.5 Å². The minimum Gasteiger partial charge on any atom is -0.478 e. The van der Waals surface area contributed by atoms with Gasteiger partial charge in [0.05, 0.1) is 23.2 Å². The lowest BCUT2D eigenvalue weighted by molar-refractivity contribution is -0.143. The Kier molecular flexibility index (Phi) is 4.02. The number of benzene rings is 1. The van der Waals surface area contributed by atoms with Gasteiger partial charge >= 0.3 is 11.9 Å². The fourth-order valence-corrected chi connectivity index (χ4v) is 2.09. The van der Waals surface area contributed by atoms with Gasteiger partial charge in [-0.15, -0.1) is 0 Å². The monoisotopic (exact) mass is 276 g/mol. The molecule has 0 bridgehead atoms. The lowest BCUT2D eigenvalue weighted by Gasteiger charge is -2.07. The summed E-state index contributed by atoms with van der Waals surface area (Å²) in [7, 11) is 0. The number of hydrogen-bond donors (Lipinski definition) is 1. The van der Waals surface area contributed by atoms with Crippen LogP contribution in [0.4, 0.5) is 0 Å². The summed E-state index contributed by atoms with van der Waals surface area (Å²) in [6.45, 7) is 4.10. The Labute approximate surface area is 116 Å². The predicted molar refractivity (Wildman–Crippen MR) is 72.7 cm³/mol. The Morgan fingerprint density at radius 3 is 2.70 bits per heavy atom. The second kappa shape index (κ2) is 5.73. The molecule has 0 saturated carbocycles. The number of hydrogen-bond acceptors (Lipinski definition) is 4. The summed E-state index contributed by atoms with van der Waals surface area (Å²) >= 11 is 0. The van der Waals surface area contributed by atoms with Crippen molar-refractivity contribution in [2.45, 2.75) is 26.8 Å². The molecule has 0 radical (unpaired) electrons. The van der Waals surface area contributed by atoms with Gasteiger partial charge in [-0.2, -0.15) is 0 Å². The summed E-state index contributed by atoms with van der Waals surface area (Å²) in [5.74, 6) is -0.593. The Hall–Kier alpha value is -2.37. The van der Waals surface area contributed by atoms with E-state index in [-0.39, 0.29) is 18.1 Å². The summed E-state index contributed by atoms with van der Waals surface area (Å²) in [5.41, 5.74) is 1.49. The number of fused-ring (bicyclic) bond motifs is 1. The van der Waals surface area contributed by atoms with Crippen molar-refractivity contribution in [3.63, 3.8) is 0 Å². The summed E-state index contributed by atoms with van der Waals surface area (Å²) in [4.78, 5) is 27.0. The molecule has 0 aliphatic heterocycles. The summed E-state index contributed by atoms with van der Waals surface area (Å²) < 4.78 is 6.71. The molecular formula is C14H16N2O4. The molecule has 1 aromatic heterocycles. The van der Waals surface area contributed by atoms with Crippen LogP contribution in [0.25, 0.3) is 11.0 Å². The van der Waals surface area contributed by atoms with E-state index < -0.39 is 5.97 Å². The Morgan fingerprint density at radius 2 is 2.10 bits per heavy atom. The van der Waals surface area contributed by atoms with E-state index in [4.69, 9.17) is 9.84 Å². The van der Waals surface area contributed by atoms with Crippen LogP contribution in [-0.2, 0) is 22.5 Å². The van der Waals surface area contributed by atoms with E-state index in [0.717, 1.165) is 11.3 Å². The zero-order valence-electron chi connectivity index (χ0n) is 11.4. The van der Waals surface area contributed by atoms with Crippen molar-refractivity contribution >= 4 is 23.0 Å². The molecule has 6 nitrogen and oxygen atoms in total. The molecule has 1 N–H and O–H groups in total. The maximum absolute atomic E-state index is 11.6. The van der Waals surface area contributed by atoms with E-state index in [1.54, 1.807) is 17.6 Å². The Balaban J connectivity index is 2.47. The van der Waals surface area contributed by atoms with Gasteiger partial charge in [-0.3, -0.25) is 4.79 Å². The molecule has 0 aliphatic rings. The summed E-state index contributed by atoms with van der Waals surface area (Å²) in [6, 6.07) is 4.69. The molecule has 0 fully saturated rings. The quantitative estimate of drug-likeness (QED) is 0.843. The number of esters is 1. The standard InChI is InChI=1S/C14H16N2O4/c1-3-12-15-10-7-9(14(18)19)5-6-11(10)16(12)8-13(17)20-4-2/h5-7H,3-4,8H2,1-2H3,(H,18,19). The molecule has 0 aliphatic carbocycles. The first kappa shape index (κ1) is 14.0. The molecule has 1 heterocycles. The lowest BCUT2D eigenvalue weighted by atomic mass is 10.2. The van der Waals surface area contributed by atoms with Gasteiger partial charge in [-0.1, -0.05) is 6.92 Å². The molecule has 0 saturated heterocycles. The maximum Gasteiger partial charge on any atom is 0.335 e. The molecule has 0 spiro atoms. The minimum absolute atomic E-state index is 0.0833. The van der Waals surface area contributed by atoms with Gasteiger partial charge in [-0.05, 0) is 25.1 Å². The van der Waals surface area contributed by atoms with Crippen molar-refractivity contribution in [1.29, 1.82) is 0 Å². The molecule has 2 aromatic rings. The first-order chi connectivity index (χ1) is 9.56.